The summed E-state index contributed by atoms with van der Waals surface area (Å²) in [5.41, 5.74) is 0.219. The molecule has 0 aliphatic heterocycles. The molecule has 0 saturated carbocycles. The molecule has 0 amide bonds. The third-order valence-electron chi connectivity index (χ3n) is 7.46. The fraction of sp³-hybridized carbons (Fsp3) is 0. The van der Waals surface area contributed by atoms with Gasteiger partial charge in [0, 0.05) is 44.2 Å². The van der Waals surface area contributed by atoms with E-state index in [0.717, 1.165) is 10.8 Å². The number of aromatic nitrogens is 6. The Morgan fingerprint density at radius 1 is 0.367 bits per heavy atom. The third-order valence-corrected chi connectivity index (χ3v) is 7.46. The lowest BCUT2D eigenvalue weighted by Gasteiger charge is -2.10. The van der Waals surface area contributed by atoms with Crippen LogP contribution in [0.15, 0.2) is 162 Å². The first-order chi connectivity index (χ1) is 30.1. The van der Waals surface area contributed by atoms with Gasteiger partial charge in [-0.25, -0.2) is 29.9 Å². The molecular weight excluding hydrogens is 605 g/mol. The highest BCUT2D eigenvalue weighted by molar-refractivity contribution is 6.05. The molecule has 0 aliphatic carbocycles. The van der Waals surface area contributed by atoms with Gasteiger partial charge in [0.1, 0.15) is 11.2 Å². The average molecular weight is 645 g/mol. The van der Waals surface area contributed by atoms with E-state index in [1.807, 2.05) is 30.3 Å². The van der Waals surface area contributed by atoms with Crippen molar-refractivity contribution in [2.45, 2.75) is 0 Å². The van der Waals surface area contributed by atoms with E-state index in [9.17, 15) is 1.37 Å². The smallest absolute Gasteiger partial charge is 0.164 e. The predicted octanol–water partition coefficient (Wildman–Crippen LogP) is 9.96. The number of rotatable bonds is 6. The first kappa shape index (κ1) is 17.3. The monoisotopic (exact) mass is 644 g/mol. The summed E-state index contributed by atoms with van der Waals surface area (Å²) in [4.78, 5) is 27.1. The first-order valence-electron chi connectivity index (χ1n) is 21.8. The van der Waals surface area contributed by atoms with Crippen molar-refractivity contribution < 1.29 is 23.6 Å². The molecule has 7 nitrogen and oxygen atoms in total. The lowest BCUT2D eigenvalue weighted by Crippen LogP contribution is -2.01. The molecule has 9 rings (SSSR count). The molecule has 0 radical (unpaired) electrons. The Bertz CT molecular complexity index is 3280. The molecule has 0 aliphatic rings. The van der Waals surface area contributed by atoms with Crippen LogP contribution in [0.2, 0.25) is 0 Å². The van der Waals surface area contributed by atoms with E-state index >= 15 is 0 Å². The van der Waals surface area contributed by atoms with E-state index in [4.69, 9.17) is 32.2 Å². The van der Waals surface area contributed by atoms with E-state index in [2.05, 4.69) is 19.9 Å². The SMILES string of the molecule is [2H]c1c([2H])c([2H])c(-c2nc(-c3c([2H])c([2H])c([2H])c([2H])c3[2H])nc(-c3c([2H])c([2H])c([2H])c(-c4nc(-c5ccccc5)nc(-c5ccc6c(c5)oc5ccccc56)n4)c3[2H])n2)c([2H])c1[2H]. The molecule has 0 saturated heterocycles. The molecular formula is C42H26N6O. The highest BCUT2D eigenvalue weighted by Crippen LogP contribution is 2.33. The molecule has 3 heterocycles. The van der Waals surface area contributed by atoms with E-state index in [1.165, 1.54) is 0 Å². The van der Waals surface area contributed by atoms with Crippen LogP contribution in [-0.4, -0.2) is 29.9 Å². The van der Waals surface area contributed by atoms with Gasteiger partial charge in [-0.15, -0.1) is 0 Å². The number of furan rings is 1. The van der Waals surface area contributed by atoms with Gasteiger partial charge in [-0.3, -0.25) is 0 Å². The van der Waals surface area contributed by atoms with Crippen LogP contribution in [0.5, 0.6) is 0 Å². The van der Waals surface area contributed by atoms with E-state index < -0.39 is 119 Å². The fourth-order valence-electron chi connectivity index (χ4n) is 5.20. The van der Waals surface area contributed by atoms with Gasteiger partial charge in [-0.2, -0.15) is 0 Å². The van der Waals surface area contributed by atoms with Crippen LogP contribution in [0.25, 0.3) is 90.3 Å². The topological polar surface area (TPSA) is 90.5 Å². The summed E-state index contributed by atoms with van der Waals surface area (Å²) in [5.74, 6) is -1.89. The van der Waals surface area contributed by atoms with Crippen LogP contribution in [0.1, 0.15) is 19.2 Å². The van der Waals surface area contributed by atoms with Crippen LogP contribution in [0.3, 0.4) is 0 Å². The maximum Gasteiger partial charge on any atom is 0.164 e. The van der Waals surface area contributed by atoms with Crippen LogP contribution in [-0.2, 0) is 0 Å². The molecule has 0 N–H and O–H groups in total. The lowest BCUT2D eigenvalue weighted by atomic mass is 10.1. The van der Waals surface area contributed by atoms with Crippen LogP contribution in [0.4, 0.5) is 0 Å². The minimum absolute atomic E-state index is 0.107. The van der Waals surface area contributed by atoms with Crippen molar-refractivity contribution in [3.63, 3.8) is 0 Å². The summed E-state index contributed by atoms with van der Waals surface area (Å²) in [6.07, 6.45) is 0. The van der Waals surface area contributed by atoms with Gasteiger partial charge in [0.25, 0.3) is 0 Å². The maximum absolute atomic E-state index is 9.57. The summed E-state index contributed by atoms with van der Waals surface area (Å²) >= 11 is 0. The van der Waals surface area contributed by atoms with Gasteiger partial charge < -0.3 is 4.42 Å². The normalized spacial score (nSPS) is 15.3. The quantitative estimate of drug-likeness (QED) is 0.178. The number of hydrogen-bond donors (Lipinski definition) is 0. The molecule has 0 spiro atoms. The second kappa shape index (κ2) is 12.1. The zero-order valence-corrected chi connectivity index (χ0v) is 25.0. The van der Waals surface area contributed by atoms with E-state index in [-0.39, 0.29) is 23.0 Å². The van der Waals surface area contributed by atoms with Gasteiger partial charge in [0.05, 0.1) is 19.2 Å². The summed E-state index contributed by atoms with van der Waals surface area (Å²) in [6.45, 7) is 0. The first-order valence-corrected chi connectivity index (χ1v) is 14.8. The van der Waals surface area contributed by atoms with Crippen molar-refractivity contribution in [1.29, 1.82) is 0 Å². The molecule has 7 heteroatoms. The van der Waals surface area contributed by atoms with Crippen molar-refractivity contribution in [3.05, 3.63) is 157 Å². The van der Waals surface area contributed by atoms with Crippen molar-refractivity contribution in [2.75, 3.05) is 0 Å². The molecule has 9 aromatic rings. The van der Waals surface area contributed by atoms with E-state index in [1.54, 1.807) is 42.5 Å². The molecule has 0 fully saturated rings. The van der Waals surface area contributed by atoms with Crippen molar-refractivity contribution in [3.8, 4) is 68.3 Å². The minimum atomic E-state index is -0.756. The fourth-order valence-corrected chi connectivity index (χ4v) is 5.20. The molecule has 230 valence electrons. The summed E-state index contributed by atoms with van der Waals surface area (Å²) < 4.78 is 127. The van der Waals surface area contributed by atoms with Gasteiger partial charge in [0.2, 0.25) is 0 Å². The second-order valence-corrected chi connectivity index (χ2v) is 10.5. The Hall–Kier alpha value is -6.86. The summed E-state index contributed by atoms with van der Waals surface area (Å²) in [6, 6.07) is 11.5. The highest BCUT2D eigenvalue weighted by Gasteiger charge is 2.17. The average Bonchev–Trinajstić information content (AvgIpc) is 3.66. The third kappa shape index (κ3) is 5.49. The Morgan fingerprint density at radius 2 is 0.837 bits per heavy atom. The summed E-state index contributed by atoms with van der Waals surface area (Å²) in [5, 5.41) is 1.73. The number of hydrogen-bond acceptors (Lipinski definition) is 7. The van der Waals surface area contributed by atoms with Crippen molar-refractivity contribution in [2.24, 2.45) is 0 Å². The number of nitrogens with zero attached hydrogens (tertiary/aromatic N) is 6. The Morgan fingerprint density at radius 3 is 1.45 bits per heavy atom. The van der Waals surface area contributed by atoms with E-state index in [0.29, 0.717) is 22.3 Å². The zero-order chi connectivity index (χ0) is 44.8. The highest BCUT2D eigenvalue weighted by atomic mass is 16.3. The Balaban J connectivity index is 1.33. The molecule has 0 atom stereocenters. The van der Waals surface area contributed by atoms with Gasteiger partial charge in [-0.1, -0.05) is 133 Å². The van der Waals surface area contributed by atoms with Crippen LogP contribution >= 0.6 is 0 Å². The molecule has 0 bridgehead atoms. The second-order valence-electron chi connectivity index (χ2n) is 10.5. The van der Waals surface area contributed by atoms with Crippen molar-refractivity contribution >= 4 is 21.9 Å². The standard InChI is InChI=1S/C42H26N6O/c1-4-13-27(14-5-1)37-43-38(28-15-6-2-7-16-28)45-40(44-37)30-19-12-20-31(25-30)41-46-39(29-17-8-3-9-18-29)47-42(48-41)32-23-24-34-33-21-10-11-22-35(33)49-36(34)26-32/h1-26H/i1D,2D,4D,5D,6D,7D,12D,13D,14D,15D,16D,19D,20D,25D. The minimum Gasteiger partial charge on any atom is -0.456 e. The Kier molecular flexibility index (Phi) is 4.27. The van der Waals surface area contributed by atoms with Crippen molar-refractivity contribution in [1.82, 2.24) is 29.9 Å². The van der Waals surface area contributed by atoms with Gasteiger partial charge in [0.15, 0.2) is 34.9 Å². The molecule has 6 aromatic carbocycles. The van der Waals surface area contributed by atoms with Crippen LogP contribution < -0.4 is 0 Å². The maximum atomic E-state index is 9.57. The van der Waals surface area contributed by atoms with Crippen LogP contribution in [0, 0.1) is 0 Å². The summed E-state index contributed by atoms with van der Waals surface area (Å²) in [7, 11) is 0. The number of para-hydroxylation sites is 1. The zero-order valence-electron chi connectivity index (χ0n) is 39.0. The number of fused-ring (bicyclic) bond motifs is 3. The largest absolute Gasteiger partial charge is 0.456 e. The predicted molar refractivity (Wildman–Crippen MR) is 193 cm³/mol. The Labute approximate surface area is 301 Å². The van der Waals surface area contributed by atoms with Gasteiger partial charge >= 0.3 is 0 Å². The lowest BCUT2D eigenvalue weighted by molar-refractivity contribution is 0.669. The molecule has 0 unspecified atom stereocenters. The number of benzene rings is 6. The molecule has 3 aromatic heterocycles. The molecule has 49 heavy (non-hydrogen) atoms. The van der Waals surface area contributed by atoms with Gasteiger partial charge in [-0.05, 0) is 24.2 Å².